The summed E-state index contributed by atoms with van der Waals surface area (Å²) in [5, 5.41) is 2.73. The van der Waals surface area contributed by atoms with Crippen LogP contribution < -0.4 is 11.1 Å². The van der Waals surface area contributed by atoms with Crippen molar-refractivity contribution < 1.29 is 13.2 Å². The van der Waals surface area contributed by atoms with E-state index in [0.717, 1.165) is 4.31 Å². The lowest BCUT2D eigenvalue weighted by Gasteiger charge is -2.20. The van der Waals surface area contributed by atoms with Crippen molar-refractivity contribution in [3.8, 4) is 0 Å². The minimum Gasteiger partial charge on any atom is -0.397 e. The van der Waals surface area contributed by atoms with Crippen LogP contribution in [0.2, 0.25) is 5.02 Å². The maximum atomic E-state index is 12.5. The van der Waals surface area contributed by atoms with Gasteiger partial charge in [-0.1, -0.05) is 18.5 Å². The summed E-state index contributed by atoms with van der Waals surface area (Å²) in [4.78, 5) is 11.4. The Morgan fingerprint density at radius 3 is 2.50 bits per heavy atom. The van der Waals surface area contributed by atoms with Gasteiger partial charge in [0.05, 0.1) is 22.2 Å². The highest BCUT2D eigenvalue weighted by atomic mass is 35.5. The molecule has 0 atom stereocenters. The summed E-state index contributed by atoms with van der Waals surface area (Å²) in [6.07, 6.45) is 0. The first-order chi connectivity index (χ1) is 9.23. The third-order valence-electron chi connectivity index (χ3n) is 2.85. The fraction of sp³-hybridized carbons (Fsp3) is 0.417. The molecule has 0 aliphatic heterocycles. The molecule has 8 heteroatoms. The van der Waals surface area contributed by atoms with Gasteiger partial charge in [-0.3, -0.25) is 4.79 Å². The number of nitrogens with zero attached hydrogens (tertiary/aromatic N) is 1. The maximum Gasteiger partial charge on any atom is 0.243 e. The topological polar surface area (TPSA) is 92.5 Å². The Bertz CT molecular complexity index is 593. The first-order valence-electron chi connectivity index (χ1n) is 6.00. The van der Waals surface area contributed by atoms with Gasteiger partial charge in [-0.2, -0.15) is 4.31 Å². The van der Waals surface area contributed by atoms with Gasteiger partial charge in [0.15, 0.2) is 0 Å². The molecule has 1 rings (SSSR count). The molecule has 0 heterocycles. The van der Waals surface area contributed by atoms with Crippen LogP contribution in [0.4, 0.5) is 5.69 Å². The monoisotopic (exact) mass is 319 g/mol. The molecule has 0 aromatic heterocycles. The molecule has 0 saturated carbocycles. The van der Waals surface area contributed by atoms with Crippen LogP contribution in [0.15, 0.2) is 17.0 Å². The molecule has 3 N–H and O–H groups in total. The molecule has 0 saturated heterocycles. The van der Waals surface area contributed by atoms with E-state index in [9.17, 15) is 13.2 Å². The lowest BCUT2D eigenvalue weighted by atomic mass is 10.2. The van der Waals surface area contributed by atoms with Crippen LogP contribution in [0.5, 0.6) is 0 Å². The zero-order valence-electron chi connectivity index (χ0n) is 11.6. The molecule has 20 heavy (non-hydrogen) atoms. The number of halogens is 1. The molecule has 0 radical (unpaired) electrons. The molecule has 1 amide bonds. The Morgan fingerprint density at radius 1 is 1.45 bits per heavy atom. The van der Waals surface area contributed by atoms with Gasteiger partial charge in [-0.15, -0.1) is 0 Å². The second-order valence-corrected chi connectivity index (χ2v) is 6.56. The van der Waals surface area contributed by atoms with Crippen LogP contribution in [0.3, 0.4) is 0 Å². The molecule has 6 nitrogen and oxygen atoms in total. The second-order valence-electron chi connectivity index (χ2n) is 4.25. The molecule has 0 unspecified atom stereocenters. The van der Waals surface area contributed by atoms with E-state index in [1.54, 1.807) is 13.8 Å². The van der Waals surface area contributed by atoms with E-state index in [-0.39, 0.29) is 29.6 Å². The summed E-state index contributed by atoms with van der Waals surface area (Å²) >= 11 is 5.92. The van der Waals surface area contributed by atoms with Gasteiger partial charge in [0.25, 0.3) is 0 Å². The summed E-state index contributed by atoms with van der Waals surface area (Å²) in [7, 11) is -2.33. The molecular formula is C12H18ClN3O3S. The molecule has 112 valence electrons. The summed E-state index contributed by atoms with van der Waals surface area (Å²) in [5.41, 5.74) is 6.46. The predicted octanol–water partition coefficient (Wildman–Crippen LogP) is 0.987. The number of likely N-dealkylation sites (N-methyl/N-ethyl adjacent to an activating group) is 2. The predicted molar refractivity (Wildman–Crippen MR) is 79.1 cm³/mol. The number of sulfonamides is 1. The summed E-state index contributed by atoms with van der Waals surface area (Å²) in [5.74, 6) is -0.380. The normalized spacial score (nSPS) is 11.7. The van der Waals surface area contributed by atoms with Crippen LogP contribution in [-0.4, -0.2) is 38.8 Å². The molecule has 0 bridgehead atoms. The van der Waals surface area contributed by atoms with Gasteiger partial charge in [0, 0.05) is 13.6 Å². The number of anilines is 1. The fourth-order valence-corrected chi connectivity index (χ4v) is 3.30. The number of aryl methyl sites for hydroxylation is 1. The molecule has 1 aromatic carbocycles. The Morgan fingerprint density at radius 2 is 2.05 bits per heavy atom. The van der Waals surface area contributed by atoms with Gasteiger partial charge in [-0.25, -0.2) is 8.42 Å². The quantitative estimate of drug-likeness (QED) is 0.791. The largest absolute Gasteiger partial charge is 0.397 e. The van der Waals surface area contributed by atoms with Crippen molar-refractivity contribution >= 4 is 33.2 Å². The van der Waals surface area contributed by atoms with Crippen molar-refractivity contribution in [1.29, 1.82) is 0 Å². The van der Waals surface area contributed by atoms with Crippen LogP contribution in [0.25, 0.3) is 0 Å². The van der Waals surface area contributed by atoms with Crippen LogP contribution in [0, 0.1) is 6.92 Å². The van der Waals surface area contributed by atoms with Crippen molar-refractivity contribution in [3.05, 3.63) is 22.7 Å². The summed E-state index contributed by atoms with van der Waals surface area (Å²) < 4.78 is 26.0. The minimum atomic E-state index is -3.78. The molecular weight excluding hydrogens is 302 g/mol. The van der Waals surface area contributed by atoms with Gasteiger partial charge in [0.1, 0.15) is 0 Å². The van der Waals surface area contributed by atoms with E-state index < -0.39 is 10.0 Å². The van der Waals surface area contributed by atoms with Gasteiger partial charge in [-0.05, 0) is 24.6 Å². The Kier molecular flexibility index (Phi) is 5.38. The highest BCUT2D eigenvalue weighted by Crippen LogP contribution is 2.28. The average molecular weight is 320 g/mol. The van der Waals surface area contributed by atoms with Crippen molar-refractivity contribution in [2.75, 3.05) is 25.9 Å². The van der Waals surface area contributed by atoms with Gasteiger partial charge in [0.2, 0.25) is 15.9 Å². The van der Waals surface area contributed by atoms with E-state index in [4.69, 9.17) is 17.3 Å². The lowest BCUT2D eigenvalue weighted by Crippen LogP contribution is -2.39. The van der Waals surface area contributed by atoms with E-state index >= 15 is 0 Å². The zero-order chi connectivity index (χ0) is 15.5. The van der Waals surface area contributed by atoms with Crippen molar-refractivity contribution in [2.24, 2.45) is 0 Å². The highest BCUT2D eigenvalue weighted by Gasteiger charge is 2.26. The lowest BCUT2D eigenvalue weighted by molar-refractivity contribution is -0.120. The third-order valence-corrected chi connectivity index (χ3v) is 5.26. The van der Waals surface area contributed by atoms with E-state index in [2.05, 4.69) is 5.32 Å². The number of carbonyl (C=O) groups excluding carboxylic acids is 1. The molecule has 0 fully saturated rings. The number of amides is 1. The SMILES string of the molecule is CCN(CC(=O)NC)S(=O)(=O)c1cc(C)c(Cl)c(N)c1. The van der Waals surface area contributed by atoms with E-state index in [1.165, 1.54) is 19.2 Å². The van der Waals surface area contributed by atoms with Crippen molar-refractivity contribution in [1.82, 2.24) is 9.62 Å². The molecule has 1 aromatic rings. The number of nitrogens with two attached hydrogens (primary N) is 1. The number of nitrogens with one attached hydrogen (secondary N) is 1. The van der Waals surface area contributed by atoms with Gasteiger partial charge < -0.3 is 11.1 Å². The van der Waals surface area contributed by atoms with Crippen molar-refractivity contribution in [3.63, 3.8) is 0 Å². The zero-order valence-corrected chi connectivity index (χ0v) is 13.2. The first kappa shape index (κ1) is 16.7. The van der Waals surface area contributed by atoms with E-state index in [0.29, 0.717) is 10.6 Å². The standard InChI is InChI=1S/C12H18ClN3O3S/c1-4-16(7-11(17)15-3)20(18,19)9-5-8(2)12(13)10(14)6-9/h5-6H,4,7,14H2,1-3H3,(H,15,17). The van der Waals surface area contributed by atoms with Gasteiger partial charge >= 0.3 is 0 Å². The highest BCUT2D eigenvalue weighted by molar-refractivity contribution is 7.89. The molecule has 0 aliphatic rings. The van der Waals surface area contributed by atoms with Crippen LogP contribution in [-0.2, 0) is 14.8 Å². The third kappa shape index (κ3) is 3.41. The first-order valence-corrected chi connectivity index (χ1v) is 7.82. The summed E-state index contributed by atoms with van der Waals surface area (Å²) in [6, 6.07) is 2.75. The molecule has 0 aliphatic carbocycles. The maximum absolute atomic E-state index is 12.5. The van der Waals surface area contributed by atoms with Crippen LogP contribution >= 0.6 is 11.6 Å². The number of hydrogen-bond acceptors (Lipinski definition) is 4. The average Bonchev–Trinajstić information content (AvgIpc) is 2.40. The Labute approximate surface area is 123 Å². The van der Waals surface area contributed by atoms with Crippen LogP contribution in [0.1, 0.15) is 12.5 Å². The number of carbonyl (C=O) groups is 1. The number of rotatable bonds is 5. The smallest absolute Gasteiger partial charge is 0.243 e. The number of benzene rings is 1. The Hall–Kier alpha value is -1.31. The molecule has 0 spiro atoms. The number of nitrogen functional groups attached to an aromatic ring is 1. The summed E-state index contributed by atoms with van der Waals surface area (Å²) in [6.45, 7) is 3.27. The fourth-order valence-electron chi connectivity index (χ4n) is 1.67. The second kappa shape index (κ2) is 6.43. The number of hydrogen-bond donors (Lipinski definition) is 2. The Balaban J connectivity index is 3.24. The minimum absolute atomic E-state index is 0.0302. The van der Waals surface area contributed by atoms with Crippen molar-refractivity contribution in [2.45, 2.75) is 18.7 Å². The van der Waals surface area contributed by atoms with E-state index in [1.807, 2.05) is 0 Å².